The molecule has 0 aromatic carbocycles. The van der Waals surface area contributed by atoms with Gasteiger partial charge in [0.2, 0.25) is 29.5 Å². The Morgan fingerprint density at radius 3 is 1.65 bits per heavy atom. The van der Waals surface area contributed by atoms with E-state index in [9.17, 15) is 48.9 Å². The molecule has 5 amide bonds. The van der Waals surface area contributed by atoms with Crippen LogP contribution in [-0.4, -0.2) is 130 Å². The molecule has 0 saturated carbocycles. The third-order valence-corrected chi connectivity index (χ3v) is 8.93. The summed E-state index contributed by atoms with van der Waals surface area (Å²) in [4.78, 5) is 89.2. The van der Waals surface area contributed by atoms with Crippen LogP contribution in [0.15, 0.2) is 0 Å². The van der Waals surface area contributed by atoms with E-state index in [2.05, 4.69) is 26.6 Å². The van der Waals surface area contributed by atoms with Crippen molar-refractivity contribution < 1.29 is 48.9 Å². The fourth-order valence-electron chi connectivity index (χ4n) is 4.44. The Kier molecular flexibility index (Phi) is 23.3. The van der Waals surface area contributed by atoms with Crippen LogP contribution >= 0.6 is 23.5 Å². The number of aliphatic carboxylic acids is 2. The number of hydrogen-bond donors (Lipinski definition) is 10. The maximum Gasteiger partial charge on any atom is 0.326 e. The monoisotopic (exact) mass is 737 g/mol. The highest BCUT2D eigenvalue weighted by molar-refractivity contribution is 7.98. The Labute approximate surface area is 296 Å². The number of thioether (sulfide) groups is 2. The molecule has 0 radical (unpaired) electrons. The first-order valence-electron chi connectivity index (χ1n) is 16.1. The third kappa shape index (κ3) is 17.9. The Hall–Kier alpha value is -3.13. The van der Waals surface area contributed by atoms with Crippen LogP contribution in [0, 0.1) is 5.92 Å². The van der Waals surface area contributed by atoms with Crippen molar-refractivity contribution in [3.63, 3.8) is 0 Å². The minimum Gasteiger partial charge on any atom is -0.481 e. The number of carboxylic acids is 2. The second-order valence-electron chi connectivity index (χ2n) is 11.7. The molecule has 0 aromatic heterocycles. The van der Waals surface area contributed by atoms with Crippen LogP contribution in [0.25, 0.3) is 0 Å². The van der Waals surface area contributed by atoms with Crippen molar-refractivity contribution in [2.45, 2.75) is 108 Å². The topological polar surface area (TPSA) is 292 Å². The van der Waals surface area contributed by atoms with E-state index in [1.54, 1.807) is 26.4 Å². The number of aliphatic hydroxyl groups excluding tert-OH is 1. The summed E-state index contributed by atoms with van der Waals surface area (Å²) in [6, 6.07) is -7.99. The van der Waals surface area contributed by atoms with Gasteiger partial charge in [0.1, 0.15) is 30.2 Å². The van der Waals surface area contributed by atoms with Gasteiger partial charge in [-0.3, -0.25) is 28.8 Å². The minimum absolute atomic E-state index is 0.122. The summed E-state index contributed by atoms with van der Waals surface area (Å²) in [5, 5.41) is 41.5. The zero-order valence-corrected chi connectivity index (χ0v) is 30.5. The number of unbranched alkanes of at least 4 members (excludes halogenated alkanes) is 1. The lowest BCUT2D eigenvalue weighted by Gasteiger charge is -2.29. The summed E-state index contributed by atoms with van der Waals surface area (Å²) in [5.74, 6) is -6.75. The van der Waals surface area contributed by atoms with Crippen LogP contribution in [0.2, 0.25) is 0 Å². The zero-order valence-electron chi connectivity index (χ0n) is 28.9. The second-order valence-corrected chi connectivity index (χ2v) is 13.6. The van der Waals surface area contributed by atoms with Gasteiger partial charge in [0.15, 0.2) is 0 Å². The van der Waals surface area contributed by atoms with Crippen molar-refractivity contribution in [1.29, 1.82) is 0 Å². The smallest absolute Gasteiger partial charge is 0.326 e. The molecule has 19 heteroatoms. The van der Waals surface area contributed by atoms with E-state index in [1.165, 1.54) is 30.4 Å². The van der Waals surface area contributed by atoms with Crippen LogP contribution in [-0.2, 0) is 33.6 Å². The van der Waals surface area contributed by atoms with Gasteiger partial charge >= 0.3 is 11.9 Å². The maximum atomic E-state index is 13.4. The van der Waals surface area contributed by atoms with E-state index in [0.717, 1.165) is 0 Å². The summed E-state index contributed by atoms with van der Waals surface area (Å²) < 4.78 is 0. The van der Waals surface area contributed by atoms with Crippen molar-refractivity contribution in [1.82, 2.24) is 26.6 Å². The van der Waals surface area contributed by atoms with Gasteiger partial charge in [-0.2, -0.15) is 23.5 Å². The van der Waals surface area contributed by atoms with Crippen molar-refractivity contribution in [3.05, 3.63) is 0 Å². The van der Waals surface area contributed by atoms with Crippen LogP contribution in [0.4, 0.5) is 0 Å². The molecular weight excluding hydrogens is 683 g/mol. The molecule has 0 fully saturated rings. The van der Waals surface area contributed by atoms with Gasteiger partial charge in [0, 0.05) is 0 Å². The highest BCUT2D eigenvalue weighted by atomic mass is 32.2. The Morgan fingerprint density at radius 1 is 0.673 bits per heavy atom. The number of carbonyl (C=O) groups is 7. The SMILES string of the molecule is CC[C@H](C)[C@H](NC(=O)[C@H](CC(=O)O)NC(=O)[C@@H](NC(=O)[C@H](CCSC)NC(=O)[C@@H](N)CCCCN)[C@@H](C)O)C(=O)N[C@@H](CCSC)C(=O)O. The molecule has 12 N–H and O–H groups in total. The highest BCUT2D eigenvalue weighted by Gasteiger charge is 2.36. The summed E-state index contributed by atoms with van der Waals surface area (Å²) in [6.45, 7) is 4.99. The number of hydrogen-bond acceptors (Lipinski definition) is 12. The van der Waals surface area contributed by atoms with Crippen molar-refractivity contribution in [2.24, 2.45) is 17.4 Å². The lowest BCUT2D eigenvalue weighted by Crippen LogP contribution is -2.62. The van der Waals surface area contributed by atoms with Gasteiger partial charge in [0.25, 0.3) is 0 Å². The van der Waals surface area contributed by atoms with Crippen LogP contribution in [0.5, 0.6) is 0 Å². The predicted molar refractivity (Wildman–Crippen MR) is 188 cm³/mol. The molecule has 8 atom stereocenters. The van der Waals surface area contributed by atoms with Crippen LogP contribution in [0.1, 0.15) is 65.7 Å². The number of nitrogens with one attached hydrogen (secondary N) is 5. The van der Waals surface area contributed by atoms with E-state index in [0.29, 0.717) is 43.7 Å². The average molecular weight is 738 g/mol. The van der Waals surface area contributed by atoms with E-state index >= 15 is 0 Å². The summed E-state index contributed by atoms with van der Waals surface area (Å²) in [6.07, 6.45) is 3.38. The third-order valence-electron chi connectivity index (χ3n) is 7.64. The van der Waals surface area contributed by atoms with Crippen molar-refractivity contribution in [3.8, 4) is 0 Å². The first-order chi connectivity index (χ1) is 23.0. The molecular formula is C30H55N7O10S2. The van der Waals surface area contributed by atoms with E-state index in [-0.39, 0.29) is 12.8 Å². The number of nitrogens with two attached hydrogens (primary N) is 2. The van der Waals surface area contributed by atoms with Gasteiger partial charge in [-0.05, 0) is 69.1 Å². The van der Waals surface area contributed by atoms with Crippen molar-refractivity contribution >= 4 is 65.0 Å². The molecule has 0 aliphatic carbocycles. The fraction of sp³-hybridized carbons (Fsp3) is 0.767. The van der Waals surface area contributed by atoms with Gasteiger partial charge in [-0.15, -0.1) is 0 Å². The maximum absolute atomic E-state index is 13.4. The number of carboxylic acid groups (broad SMARTS) is 2. The van der Waals surface area contributed by atoms with Gasteiger partial charge in [-0.1, -0.05) is 26.7 Å². The number of carbonyl (C=O) groups excluding carboxylic acids is 5. The first kappa shape index (κ1) is 45.9. The molecule has 0 rings (SSSR count). The van der Waals surface area contributed by atoms with E-state index in [4.69, 9.17) is 11.5 Å². The molecule has 0 unspecified atom stereocenters. The molecule has 0 spiro atoms. The number of aliphatic hydroxyl groups is 1. The minimum atomic E-state index is -1.76. The summed E-state index contributed by atoms with van der Waals surface area (Å²) in [7, 11) is 0. The Morgan fingerprint density at radius 2 is 1.16 bits per heavy atom. The lowest BCUT2D eigenvalue weighted by atomic mass is 9.97. The normalized spacial score (nSPS) is 16.0. The Bertz CT molecular complexity index is 1100. The fourth-order valence-corrected chi connectivity index (χ4v) is 5.38. The predicted octanol–water partition coefficient (Wildman–Crippen LogP) is -1.64. The summed E-state index contributed by atoms with van der Waals surface area (Å²) in [5.41, 5.74) is 11.4. The first-order valence-corrected chi connectivity index (χ1v) is 18.9. The largest absolute Gasteiger partial charge is 0.481 e. The molecule has 0 saturated heterocycles. The molecule has 0 heterocycles. The number of amides is 5. The van der Waals surface area contributed by atoms with Crippen LogP contribution in [0.3, 0.4) is 0 Å². The lowest BCUT2D eigenvalue weighted by molar-refractivity contribution is -0.144. The van der Waals surface area contributed by atoms with Gasteiger partial charge in [0.05, 0.1) is 18.6 Å². The van der Waals surface area contributed by atoms with Crippen LogP contribution < -0.4 is 38.1 Å². The summed E-state index contributed by atoms with van der Waals surface area (Å²) >= 11 is 2.79. The average Bonchev–Trinajstić information content (AvgIpc) is 3.04. The quantitative estimate of drug-likeness (QED) is 0.0446. The molecule has 0 aliphatic heterocycles. The zero-order chi connectivity index (χ0) is 37.7. The van der Waals surface area contributed by atoms with E-state index in [1.807, 2.05) is 0 Å². The molecule has 17 nitrogen and oxygen atoms in total. The molecule has 49 heavy (non-hydrogen) atoms. The molecule has 282 valence electrons. The molecule has 0 bridgehead atoms. The van der Waals surface area contributed by atoms with E-state index < -0.39 is 96.2 Å². The molecule has 0 aliphatic rings. The van der Waals surface area contributed by atoms with Gasteiger partial charge in [-0.25, -0.2) is 4.79 Å². The van der Waals surface area contributed by atoms with Crippen molar-refractivity contribution in [2.75, 3.05) is 30.6 Å². The second kappa shape index (κ2) is 24.9. The molecule has 0 aromatic rings. The highest BCUT2D eigenvalue weighted by Crippen LogP contribution is 2.11. The standard InChI is InChI=1S/C30H55N7O10S2/c1-6-16(2)23(28(44)34-20(30(46)47)11-14-49-5)36-27(43)21(15-22(39)40)35-29(45)24(17(3)38)37-26(42)19(10-13-48-4)33-25(41)18(32)9-7-8-12-31/h16-21,23-24,38H,6-15,31-32H2,1-5H3,(H,33,41)(H,34,44)(H,35,45)(H,36,43)(H,37,42)(H,39,40)(H,46,47)/t16-,17+,18-,19-,20-,21-,23-,24-/m0/s1. The number of rotatable bonds is 26. The van der Waals surface area contributed by atoms with Gasteiger partial charge < -0.3 is 53.4 Å². The Balaban J connectivity index is 5.99.